The first kappa shape index (κ1) is 76.4. The van der Waals surface area contributed by atoms with Gasteiger partial charge in [0.25, 0.3) is 0 Å². The van der Waals surface area contributed by atoms with Gasteiger partial charge >= 0.3 is 0 Å². The van der Waals surface area contributed by atoms with Gasteiger partial charge in [-0.25, -0.2) is 15.0 Å². The smallest absolute Gasteiger partial charge is 0.145 e. The predicted molar refractivity (Wildman–Crippen MR) is 538 cm³/mol. The number of nitrogens with zero attached hydrogens (tertiary/aromatic N) is 10. The van der Waals surface area contributed by atoms with Crippen LogP contribution in [-0.4, -0.2) is 37.8 Å². The second-order valence-corrected chi connectivity index (χ2v) is 32.3. The lowest BCUT2D eigenvalue weighted by atomic mass is 10.0. The lowest BCUT2D eigenvalue weighted by Gasteiger charge is -2.27. The van der Waals surface area contributed by atoms with Gasteiger partial charge in [-0.15, -0.1) is 0 Å². The van der Waals surface area contributed by atoms with E-state index in [-0.39, 0.29) is 0 Å². The lowest BCUT2D eigenvalue weighted by molar-refractivity contribution is 1.09. The number of hydrogen-bond donors (Lipinski definition) is 0. The van der Waals surface area contributed by atoms with E-state index in [1.165, 1.54) is 87.7 Å². The molecule has 0 aliphatic carbocycles. The Balaban J connectivity index is 0.000000113. The van der Waals surface area contributed by atoms with Gasteiger partial charge in [-0.3, -0.25) is 13.7 Å². The van der Waals surface area contributed by atoms with Crippen molar-refractivity contribution >= 4 is 132 Å². The molecule has 608 valence electrons. The minimum absolute atomic E-state index is 0.843. The molecule has 10 heteroatoms. The van der Waals surface area contributed by atoms with Crippen LogP contribution in [0.3, 0.4) is 0 Å². The van der Waals surface area contributed by atoms with E-state index in [0.717, 1.165) is 118 Å². The summed E-state index contributed by atoms with van der Waals surface area (Å²) in [4.78, 5) is 20.5. The number of rotatable bonds is 15. The number of benzene rings is 20. The molecule has 10 nitrogen and oxygen atoms in total. The molecule has 0 radical (unpaired) electrons. The molecular weight excluding hydrogens is 1570 g/mol. The zero-order chi connectivity index (χ0) is 85.5. The van der Waals surface area contributed by atoms with Crippen LogP contribution in [0.5, 0.6) is 0 Å². The summed E-state index contributed by atoms with van der Waals surface area (Å²) in [5.74, 6) is 2.53. The highest BCUT2D eigenvalue weighted by Crippen LogP contribution is 2.45. The third-order valence-electron chi connectivity index (χ3n) is 24.6. The van der Waals surface area contributed by atoms with Gasteiger partial charge < -0.3 is 18.9 Å². The molecule has 0 fully saturated rings. The van der Waals surface area contributed by atoms with Crippen molar-refractivity contribution in [1.29, 1.82) is 0 Å². The molecule has 20 aromatic carbocycles. The molecule has 0 saturated carbocycles. The molecule has 0 aliphatic rings. The van der Waals surface area contributed by atoms with E-state index < -0.39 is 0 Å². The highest BCUT2D eigenvalue weighted by atomic mass is 15.2. The third-order valence-corrected chi connectivity index (χ3v) is 24.6. The highest BCUT2D eigenvalue weighted by molar-refractivity contribution is 6.11. The van der Waals surface area contributed by atoms with Crippen molar-refractivity contribution in [3.8, 4) is 73.7 Å². The molecule has 0 N–H and O–H groups in total. The van der Waals surface area contributed by atoms with Crippen molar-refractivity contribution in [2.45, 2.75) is 0 Å². The van der Waals surface area contributed by atoms with E-state index >= 15 is 0 Å². The average Bonchev–Trinajstić information content (AvgIpc) is 1.62. The fraction of sp³-hybridized carbons (Fsp3) is 0. The molecule has 0 bridgehead atoms. The molecule has 0 aliphatic heterocycles. The maximum Gasteiger partial charge on any atom is 0.145 e. The maximum absolute atomic E-state index is 5.28. The summed E-state index contributed by atoms with van der Waals surface area (Å²) in [5.41, 5.74) is 28.3. The largest absolute Gasteiger partial charge is 0.310 e. The first-order valence-corrected chi connectivity index (χ1v) is 43.7. The minimum Gasteiger partial charge on any atom is -0.310 e. The Kier molecular flexibility index (Phi) is 19.7. The van der Waals surface area contributed by atoms with Gasteiger partial charge in [0, 0.05) is 100 Å². The quantitative estimate of drug-likeness (QED) is 0.102. The fourth-order valence-electron chi connectivity index (χ4n) is 18.8. The van der Waals surface area contributed by atoms with E-state index in [1.54, 1.807) is 0 Å². The highest BCUT2D eigenvalue weighted by Gasteiger charge is 2.26. The molecule has 25 rings (SSSR count). The van der Waals surface area contributed by atoms with Crippen molar-refractivity contribution in [2.24, 2.45) is 0 Å². The summed E-state index contributed by atoms with van der Waals surface area (Å²) in [7, 11) is 0. The Hall–Kier alpha value is -17.5. The Bertz CT molecular complexity index is 7690. The number of anilines is 6. The zero-order valence-corrected chi connectivity index (χ0v) is 70.3. The van der Waals surface area contributed by atoms with Crippen molar-refractivity contribution in [3.05, 3.63) is 497 Å². The van der Waals surface area contributed by atoms with Gasteiger partial charge in [-0.2, -0.15) is 0 Å². The average molecular weight is 1650 g/mol. The van der Waals surface area contributed by atoms with Crippen LogP contribution in [0.25, 0.3) is 172 Å². The summed E-state index contributed by atoms with van der Waals surface area (Å²) < 4.78 is 11.5. The van der Waals surface area contributed by atoms with E-state index in [1.807, 2.05) is 36.4 Å². The SMILES string of the molecule is c1cc(-n2c3ccccc3c3ccccc32)cc(-n2c3ccccc3c3ccccc32)c1.c1ccc(-n2c(-c3cc(-c4nc5ccccc5n4-c4ccccc4)cc(-c4nc5ccccc5n4-c4ccccc4)c3)nc3ccccc32)cc1.c1ccc(N(c2ccc(-c3ccc(N(c4ccccc4)c4cccc5ccccc45)cc3)cc2)c2cccc3ccccc23)cc1. The summed E-state index contributed by atoms with van der Waals surface area (Å²) in [6.07, 6.45) is 0. The molecule has 0 amide bonds. The topological polar surface area (TPSA) is 69.8 Å². The van der Waals surface area contributed by atoms with Crippen molar-refractivity contribution < 1.29 is 0 Å². The van der Waals surface area contributed by atoms with Gasteiger partial charge in [0.1, 0.15) is 17.5 Å². The van der Waals surface area contributed by atoms with Gasteiger partial charge in [0.05, 0.1) is 66.5 Å². The standard InChI is InChI=1S/C45H30N6.C44H32N2.C30H20N2/c1-4-16-34(17-5-1)49-40-25-13-10-22-37(40)46-43(49)31-28-32(44-47-38-23-11-14-26-41(38)50(44)35-18-6-2-7-19-35)30-33(29-31)45-48-39-24-12-15-27-42(39)51(45)36-20-8-3-9-21-36;1-3-17-37(18-4-1)45(43-23-11-15-35-13-7-9-21-41(35)43)39-29-25-33(26-30-39)34-27-31-40(32-28-34)46(38-19-5-2-6-20-38)44-24-12-16-36-14-8-10-22-42(36)44;1-5-16-27-23(12-1)24-13-2-6-17-28(24)31(27)21-10-9-11-22(20-21)32-29-18-7-3-14-25(29)26-15-4-8-19-30(26)32/h1-30H;1-32H;1-20H. The van der Waals surface area contributed by atoms with Crippen LogP contribution in [0.4, 0.5) is 34.1 Å². The Morgan fingerprint density at radius 2 is 0.395 bits per heavy atom. The second-order valence-electron chi connectivity index (χ2n) is 32.3. The Morgan fingerprint density at radius 1 is 0.155 bits per heavy atom. The first-order valence-electron chi connectivity index (χ1n) is 43.7. The normalized spacial score (nSPS) is 11.4. The number of imidazole rings is 3. The van der Waals surface area contributed by atoms with Crippen molar-refractivity contribution in [2.75, 3.05) is 9.80 Å². The van der Waals surface area contributed by atoms with Crippen LogP contribution >= 0.6 is 0 Å². The summed E-state index contributed by atoms with van der Waals surface area (Å²) in [6, 6.07) is 176. The monoisotopic (exact) mass is 1650 g/mol. The van der Waals surface area contributed by atoms with Crippen molar-refractivity contribution in [3.63, 3.8) is 0 Å². The van der Waals surface area contributed by atoms with E-state index in [4.69, 9.17) is 15.0 Å². The minimum atomic E-state index is 0.843. The Labute approximate surface area is 746 Å². The predicted octanol–water partition coefficient (Wildman–Crippen LogP) is 31.2. The number of aromatic nitrogens is 8. The van der Waals surface area contributed by atoms with E-state index in [0.29, 0.717) is 0 Å². The van der Waals surface area contributed by atoms with Crippen LogP contribution < -0.4 is 9.80 Å². The molecule has 5 heterocycles. The number of para-hydroxylation sites is 15. The second kappa shape index (κ2) is 33.3. The van der Waals surface area contributed by atoms with Crippen LogP contribution in [0.1, 0.15) is 0 Å². The number of hydrogen-bond acceptors (Lipinski definition) is 5. The van der Waals surface area contributed by atoms with Gasteiger partial charge in [-0.1, -0.05) is 303 Å². The maximum atomic E-state index is 5.28. The zero-order valence-electron chi connectivity index (χ0n) is 70.3. The molecule has 25 aromatic rings. The van der Waals surface area contributed by atoms with Gasteiger partial charge in [0.2, 0.25) is 0 Å². The molecule has 129 heavy (non-hydrogen) atoms. The lowest BCUT2D eigenvalue weighted by Crippen LogP contribution is -2.10. The van der Waals surface area contributed by atoms with Gasteiger partial charge in [-0.05, 0) is 216 Å². The van der Waals surface area contributed by atoms with Crippen molar-refractivity contribution in [1.82, 2.24) is 37.8 Å². The summed E-state index contributed by atoms with van der Waals surface area (Å²) in [6.45, 7) is 0. The molecule has 0 spiro atoms. The molecular formula is C119H82N10. The Morgan fingerprint density at radius 3 is 0.721 bits per heavy atom. The third kappa shape index (κ3) is 14.1. The van der Waals surface area contributed by atoms with E-state index in [2.05, 4.69) is 494 Å². The van der Waals surface area contributed by atoms with Crippen LogP contribution in [0.2, 0.25) is 0 Å². The number of fused-ring (bicyclic) bond motifs is 11. The van der Waals surface area contributed by atoms with Crippen LogP contribution in [-0.2, 0) is 0 Å². The molecule has 0 saturated heterocycles. The molecule has 0 unspecified atom stereocenters. The first-order chi connectivity index (χ1) is 64.0. The summed E-state index contributed by atoms with van der Waals surface area (Å²) in [5, 5.41) is 10.0. The summed E-state index contributed by atoms with van der Waals surface area (Å²) >= 11 is 0. The van der Waals surface area contributed by atoms with Crippen LogP contribution in [0, 0.1) is 0 Å². The van der Waals surface area contributed by atoms with E-state index in [9.17, 15) is 0 Å². The van der Waals surface area contributed by atoms with Crippen LogP contribution in [0.15, 0.2) is 497 Å². The fourth-order valence-corrected chi connectivity index (χ4v) is 18.8. The van der Waals surface area contributed by atoms with Gasteiger partial charge in [0.15, 0.2) is 0 Å². The molecule has 0 atom stereocenters. The molecule has 5 aromatic heterocycles.